The van der Waals surface area contributed by atoms with E-state index in [4.69, 9.17) is 4.74 Å². The fourth-order valence-corrected chi connectivity index (χ4v) is 3.54. The molecule has 0 aliphatic heterocycles. The zero-order valence-corrected chi connectivity index (χ0v) is 16.3. The zero-order valence-electron chi connectivity index (χ0n) is 15.5. The third-order valence-corrected chi connectivity index (χ3v) is 4.63. The van der Waals surface area contributed by atoms with Crippen molar-refractivity contribution >= 4 is 27.4 Å². The molecule has 146 valence electrons. The van der Waals surface area contributed by atoms with Gasteiger partial charge in [-0.25, -0.2) is 4.79 Å². The van der Waals surface area contributed by atoms with Gasteiger partial charge >= 0.3 is 11.7 Å². The summed E-state index contributed by atoms with van der Waals surface area (Å²) in [5.74, 6) is -0.723. The topological polar surface area (TPSA) is 133 Å². The second-order valence-electron chi connectivity index (χ2n) is 6.86. The van der Waals surface area contributed by atoms with Crippen LogP contribution in [-0.2, 0) is 21.8 Å². The molecule has 10 nitrogen and oxygen atoms in total. The Balaban J connectivity index is 2.51. The molecule has 0 atom stereocenters. The highest BCUT2D eigenvalue weighted by Crippen LogP contribution is 2.28. The number of para-hydroxylation sites is 1. The van der Waals surface area contributed by atoms with Gasteiger partial charge in [-0.05, 0) is 39.3 Å². The standard InChI is InChI=1S/C16H20N4O6S/c1-10-7-6-8-11(15(21)26-16(2,3)4)13(10)18-27(24,25)14-12(20(22)23)9-19(5)17-14/h6-9,18H,1-5H3. The lowest BCUT2D eigenvalue weighted by Crippen LogP contribution is -2.25. The summed E-state index contributed by atoms with van der Waals surface area (Å²) in [4.78, 5) is 22.7. The predicted octanol–water partition coefficient (Wildman–Crippen LogP) is 2.39. The van der Waals surface area contributed by atoms with E-state index in [1.54, 1.807) is 39.8 Å². The van der Waals surface area contributed by atoms with E-state index in [9.17, 15) is 23.3 Å². The molecule has 0 aliphatic rings. The number of hydrogen-bond donors (Lipinski definition) is 1. The van der Waals surface area contributed by atoms with Crippen LogP contribution in [0.25, 0.3) is 0 Å². The van der Waals surface area contributed by atoms with Gasteiger partial charge in [0.15, 0.2) is 0 Å². The number of anilines is 1. The SMILES string of the molecule is Cc1cccc(C(=O)OC(C)(C)C)c1NS(=O)(=O)c1nn(C)cc1[N+](=O)[O-]. The Morgan fingerprint density at radius 3 is 2.52 bits per heavy atom. The first-order chi connectivity index (χ1) is 12.3. The quantitative estimate of drug-likeness (QED) is 0.466. The van der Waals surface area contributed by atoms with Crippen molar-refractivity contribution in [1.82, 2.24) is 9.78 Å². The fraction of sp³-hybridized carbons (Fsp3) is 0.375. The van der Waals surface area contributed by atoms with Crippen molar-refractivity contribution in [2.24, 2.45) is 7.05 Å². The zero-order chi connectivity index (χ0) is 20.6. The molecule has 0 saturated heterocycles. The van der Waals surface area contributed by atoms with E-state index < -0.39 is 37.2 Å². The molecule has 0 unspecified atom stereocenters. The monoisotopic (exact) mass is 396 g/mol. The molecule has 0 radical (unpaired) electrons. The van der Waals surface area contributed by atoms with Crippen molar-refractivity contribution in [3.05, 3.63) is 45.6 Å². The maximum absolute atomic E-state index is 12.7. The fourth-order valence-electron chi connectivity index (χ4n) is 2.26. The number of hydrogen-bond acceptors (Lipinski definition) is 7. The number of carbonyl (C=O) groups is 1. The number of nitro groups is 1. The molecule has 27 heavy (non-hydrogen) atoms. The molecular formula is C16H20N4O6S. The number of sulfonamides is 1. The van der Waals surface area contributed by atoms with E-state index in [1.165, 1.54) is 13.1 Å². The van der Waals surface area contributed by atoms with Crippen LogP contribution in [0, 0.1) is 17.0 Å². The maximum atomic E-state index is 12.7. The van der Waals surface area contributed by atoms with Crippen LogP contribution < -0.4 is 4.72 Å². The van der Waals surface area contributed by atoms with E-state index in [0.29, 0.717) is 5.56 Å². The van der Waals surface area contributed by atoms with Crippen LogP contribution in [0.2, 0.25) is 0 Å². The van der Waals surface area contributed by atoms with E-state index in [0.717, 1.165) is 10.9 Å². The van der Waals surface area contributed by atoms with Crippen molar-refractivity contribution < 1.29 is 22.9 Å². The third kappa shape index (κ3) is 4.61. The number of rotatable bonds is 5. The molecule has 0 bridgehead atoms. The third-order valence-electron chi connectivity index (χ3n) is 3.36. The van der Waals surface area contributed by atoms with Crippen LogP contribution in [0.1, 0.15) is 36.7 Å². The second-order valence-corrected chi connectivity index (χ2v) is 8.45. The molecule has 2 rings (SSSR count). The van der Waals surface area contributed by atoms with Crippen LogP contribution in [0.15, 0.2) is 29.4 Å². The summed E-state index contributed by atoms with van der Waals surface area (Å²) in [5, 5.41) is 14.0. The normalized spacial score (nSPS) is 11.9. The number of benzene rings is 1. The van der Waals surface area contributed by atoms with E-state index in [2.05, 4.69) is 9.82 Å². The largest absolute Gasteiger partial charge is 0.456 e. The lowest BCUT2D eigenvalue weighted by Gasteiger charge is -2.21. The first kappa shape index (κ1) is 20.4. The molecule has 11 heteroatoms. The van der Waals surface area contributed by atoms with E-state index in [1.807, 2.05) is 0 Å². The highest BCUT2D eigenvalue weighted by Gasteiger charge is 2.32. The summed E-state index contributed by atoms with van der Waals surface area (Å²) in [6.07, 6.45) is 0.987. The van der Waals surface area contributed by atoms with Gasteiger partial charge in [0.25, 0.3) is 15.0 Å². The van der Waals surface area contributed by atoms with Crippen molar-refractivity contribution in [2.45, 2.75) is 38.3 Å². The van der Waals surface area contributed by atoms with Crippen molar-refractivity contribution in [2.75, 3.05) is 4.72 Å². The first-order valence-corrected chi connectivity index (χ1v) is 9.34. The molecule has 0 aliphatic carbocycles. The van der Waals surface area contributed by atoms with Gasteiger partial charge in [0.05, 0.1) is 16.2 Å². The molecule has 1 aromatic heterocycles. The Morgan fingerprint density at radius 2 is 1.96 bits per heavy atom. The van der Waals surface area contributed by atoms with Gasteiger partial charge in [-0.3, -0.25) is 19.5 Å². The van der Waals surface area contributed by atoms with Gasteiger partial charge < -0.3 is 4.74 Å². The molecule has 2 aromatic rings. The molecule has 0 saturated carbocycles. The summed E-state index contributed by atoms with van der Waals surface area (Å²) in [5.41, 5.74) is -1.03. The summed E-state index contributed by atoms with van der Waals surface area (Å²) < 4.78 is 34.0. The number of ether oxygens (including phenoxy) is 1. The van der Waals surface area contributed by atoms with Gasteiger partial charge in [0, 0.05) is 7.05 Å². The Hall–Kier alpha value is -2.95. The molecule has 0 spiro atoms. The van der Waals surface area contributed by atoms with Crippen LogP contribution >= 0.6 is 0 Å². The average molecular weight is 396 g/mol. The van der Waals surface area contributed by atoms with Gasteiger partial charge in [-0.2, -0.15) is 13.5 Å². The van der Waals surface area contributed by atoms with Crippen LogP contribution in [0.5, 0.6) is 0 Å². The number of aromatic nitrogens is 2. The number of carbonyl (C=O) groups excluding carboxylic acids is 1. The Labute approximate surface area is 156 Å². The van der Waals surface area contributed by atoms with Gasteiger partial charge in [0.1, 0.15) is 11.8 Å². The molecular weight excluding hydrogens is 376 g/mol. The van der Waals surface area contributed by atoms with Crippen molar-refractivity contribution in [1.29, 1.82) is 0 Å². The van der Waals surface area contributed by atoms with E-state index in [-0.39, 0.29) is 11.3 Å². The predicted molar refractivity (Wildman–Crippen MR) is 97.0 cm³/mol. The van der Waals surface area contributed by atoms with Crippen molar-refractivity contribution in [3.63, 3.8) is 0 Å². The minimum absolute atomic E-state index is 0.00733. The van der Waals surface area contributed by atoms with E-state index >= 15 is 0 Å². The minimum Gasteiger partial charge on any atom is -0.456 e. The molecule has 0 fully saturated rings. The summed E-state index contributed by atoms with van der Waals surface area (Å²) in [6, 6.07) is 4.58. The Bertz CT molecular complexity index is 1000. The van der Waals surface area contributed by atoms with Crippen LogP contribution in [0.4, 0.5) is 11.4 Å². The summed E-state index contributed by atoms with van der Waals surface area (Å²) in [6.45, 7) is 6.64. The number of nitrogens with zero attached hydrogens (tertiary/aromatic N) is 3. The molecule has 1 heterocycles. The number of esters is 1. The van der Waals surface area contributed by atoms with Crippen LogP contribution in [0.3, 0.4) is 0 Å². The van der Waals surface area contributed by atoms with Gasteiger partial charge in [-0.1, -0.05) is 12.1 Å². The highest BCUT2D eigenvalue weighted by molar-refractivity contribution is 7.92. The molecule has 1 N–H and O–H groups in total. The van der Waals surface area contributed by atoms with Gasteiger partial charge in [-0.15, -0.1) is 0 Å². The Kier molecular flexibility index (Phi) is 5.27. The van der Waals surface area contributed by atoms with Crippen LogP contribution in [-0.4, -0.2) is 34.7 Å². The molecule has 1 aromatic carbocycles. The first-order valence-electron chi connectivity index (χ1n) is 7.85. The average Bonchev–Trinajstić information content (AvgIpc) is 2.90. The smallest absolute Gasteiger partial charge is 0.340 e. The minimum atomic E-state index is -4.42. The number of nitrogens with one attached hydrogen (secondary N) is 1. The summed E-state index contributed by atoms with van der Waals surface area (Å²) in [7, 11) is -3.05. The Morgan fingerprint density at radius 1 is 1.33 bits per heavy atom. The highest BCUT2D eigenvalue weighted by atomic mass is 32.2. The second kappa shape index (κ2) is 6.99. The molecule has 0 amide bonds. The maximum Gasteiger partial charge on any atom is 0.340 e. The lowest BCUT2D eigenvalue weighted by molar-refractivity contribution is -0.387. The van der Waals surface area contributed by atoms with Crippen molar-refractivity contribution in [3.8, 4) is 0 Å². The van der Waals surface area contributed by atoms with Gasteiger partial charge in [0.2, 0.25) is 0 Å². The summed E-state index contributed by atoms with van der Waals surface area (Å²) >= 11 is 0. The number of aryl methyl sites for hydroxylation is 2. The lowest BCUT2D eigenvalue weighted by atomic mass is 10.1.